The average Bonchev–Trinajstić information content (AvgIpc) is 2.69. The minimum atomic E-state index is -0.189. The van der Waals surface area contributed by atoms with E-state index in [9.17, 15) is 4.79 Å². The van der Waals surface area contributed by atoms with Gasteiger partial charge in [-0.15, -0.1) is 0 Å². The summed E-state index contributed by atoms with van der Waals surface area (Å²) in [4.78, 5) is 19.1. The Balaban J connectivity index is 1.58. The second kappa shape index (κ2) is 8.70. The molecule has 1 aromatic carbocycles. The van der Waals surface area contributed by atoms with Crippen molar-refractivity contribution in [3.8, 4) is 0 Å². The third-order valence-corrected chi connectivity index (χ3v) is 4.87. The first-order chi connectivity index (χ1) is 12.7. The first kappa shape index (κ1) is 18.2. The van der Waals surface area contributed by atoms with Crippen molar-refractivity contribution in [3.05, 3.63) is 48.3 Å². The highest BCUT2D eigenvalue weighted by Crippen LogP contribution is 2.22. The molecule has 0 bridgehead atoms. The zero-order valence-corrected chi connectivity index (χ0v) is 15.7. The lowest BCUT2D eigenvalue weighted by molar-refractivity contribution is 0.102. The van der Waals surface area contributed by atoms with Gasteiger partial charge in [0.1, 0.15) is 5.69 Å². The lowest BCUT2D eigenvalue weighted by Gasteiger charge is -2.28. The third-order valence-electron chi connectivity index (χ3n) is 4.87. The fraction of sp³-hybridized carbons (Fsp3) is 0.429. The summed E-state index contributed by atoms with van der Waals surface area (Å²) in [6.07, 6.45) is 6.58. The molecular formula is C21H28N4O. The molecule has 1 amide bonds. The molecule has 26 heavy (non-hydrogen) atoms. The molecule has 1 fully saturated rings. The normalized spacial score (nSPS) is 15.4. The van der Waals surface area contributed by atoms with Gasteiger partial charge in [-0.05, 0) is 69.0 Å². The number of carbonyl (C=O) groups excluding carboxylic acids is 1. The lowest BCUT2D eigenvalue weighted by Crippen LogP contribution is -2.29. The molecule has 2 N–H and O–H groups in total. The number of rotatable bonds is 6. The molecule has 3 rings (SSSR count). The van der Waals surface area contributed by atoms with Crippen molar-refractivity contribution in [2.75, 3.05) is 28.6 Å². The predicted octanol–water partition coefficient (Wildman–Crippen LogP) is 4.53. The van der Waals surface area contributed by atoms with Crippen LogP contribution in [-0.2, 0) is 0 Å². The average molecular weight is 352 g/mol. The van der Waals surface area contributed by atoms with E-state index in [2.05, 4.69) is 46.5 Å². The third kappa shape index (κ3) is 4.75. The quantitative estimate of drug-likeness (QED) is 0.802. The topological polar surface area (TPSA) is 57.3 Å². The van der Waals surface area contributed by atoms with E-state index in [1.165, 1.54) is 24.9 Å². The fourth-order valence-corrected chi connectivity index (χ4v) is 3.10. The Morgan fingerprint density at radius 3 is 2.38 bits per heavy atom. The molecule has 1 aliphatic heterocycles. The first-order valence-electron chi connectivity index (χ1n) is 9.54. The molecular weight excluding hydrogens is 324 g/mol. The summed E-state index contributed by atoms with van der Waals surface area (Å²) in [6, 6.07) is 12.1. The molecule has 1 aromatic heterocycles. The van der Waals surface area contributed by atoms with E-state index in [0.717, 1.165) is 30.9 Å². The van der Waals surface area contributed by atoms with Crippen molar-refractivity contribution in [2.45, 2.75) is 45.6 Å². The van der Waals surface area contributed by atoms with Gasteiger partial charge >= 0.3 is 0 Å². The molecule has 1 unspecified atom stereocenters. The molecule has 5 heteroatoms. The number of piperidine rings is 1. The van der Waals surface area contributed by atoms with Crippen LogP contribution in [0.15, 0.2) is 42.6 Å². The molecule has 1 atom stereocenters. The second-order valence-corrected chi connectivity index (χ2v) is 6.93. The molecule has 138 valence electrons. The van der Waals surface area contributed by atoms with Crippen molar-refractivity contribution >= 4 is 23.0 Å². The Morgan fingerprint density at radius 2 is 1.77 bits per heavy atom. The van der Waals surface area contributed by atoms with Gasteiger partial charge in [-0.1, -0.05) is 6.92 Å². The Bertz CT molecular complexity index is 706. The van der Waals surface area contributed by atoms with Crippen LogP contribution in [0, 0.1) is 0 Å². The predicted molar refractivity (Wildman–Crippen MR) is 108 cm³/mol. The van der Waals surface area contributed by atoms with Gasteiger partial charge in [-0.3, -0.25) is 4.79 Å². The van der Waals surface area contributed by atoms with Gasteiger partial charge in [0.05, 0.1) is 11.9 Å². The van der Waals surface area contributed by atoms with Gasteiger partial charge < -0.3 is 15.5 Å². The van der Waals surface area contributed by atoms with Crippen LogP contribution in [0.3, 0.4) is 0 Å². The van der Waals surface area contributed by atoms with E-state index in [0.29, 0.717) is 11.7 Å². The van der Waals surface area contributed by atoms with E-state index >= 15 is 0 Å². The number of aromatic nitrogens is 1. The minimum Gasteiger partial charge on any atom is -0.381 e. The highest BCUT2D eigenvalue weighted by molar-refractivity contribution is 6.03. The molecule has 5 nitrogen and oxygen atoms in total. The van der Waals surface area contributed by atoms with Crippen LogP contribution in [0.1, 0.15) is 50.0 Å². The number of carbonyl (C=O) groups is 1. The van der Waals surface area contributed by atoms with E-state index in [1.54, 1.807) is 12.3 Å². The first-order valence-corrected chi connectivity index (χ1v) is 9.54. The second-order valence-electron chi connectivity index (χ2n) is 6.93. The SMILES string of the molecule is CCC(C)Nc1ccc(C(=O)Nc2ccc(N3CCCCC3)cc2)nc1. The molecule has 2 heterocycles. The van der Waals surface area contributed by atoms with Crippen LogP contribution in [0.4, 0.5) is 17.1 Å². The Labute approximate surface area is 155 Å². The number of anilines is 3. The van der Waals surface area contributed by atoms with Gasteiger partial charge in [0.2, 0.25) is 0 Å². The number of amides is 1. The van der Waals surface area contributed by atoms with E-state index in [4.69, 9.17) is 0 Å². The molecule has 1 saturated heterocycles. The summed E-state index contributed by atoms with van der Waals surface area (Å²) in [5, 5.41) is 6.27. The van der Waals surface area contributed by atoms with Crippen LogP contribution in [0.25, 0.3) is 0 Å². The van der Waals surface area contributed by atoms with Crippen molar-refractivity contribution in [2.24, 2.45) is 0 Å². The molecule has 0 saturated carbocycles. The van der Waals surface area contributed by atoms with Crippen molar-refractivity contribution in [1.82, 2.24) is 4.98 Å². The molecule has 0 spiro atoms. The maximum Gasteiger partial charge on any atom is 0.274 e. The van der Waals surface area contributed by atoms with Crippen LogP contribution < -0.4 is 15.5 Å². The number of hydrogen-bond acceptors (Lipinski definition) is 4. The van der Waals surface area contributed by atoms with Gasteiger partial charge in [0.25, 0.3) is 5.91 Å². The highest BCUT2D eigenvalue weighted by Gasteiger charge is 2.12. The van der Waals surface area contributed by atoms with Crippen LogP contribution in [0.2, 0.25) is 0 Å². The zero-order chi connectivity index (χ0) is 18.4. The summed E-state index contributed by atoms with van der Waals surface area (Å²) >= 11 is 0. The Hall–Kier alpha value is -2.56. The summed E-state index contributed by atoms with van der Waals surface area (Å²) < 4.78 is 0. The molecule has 0 aliphatic carbocycles. The number of nitrogens with zero attached hydrogens (tertiary/aromatic N) is 2. The summed E-state index contributed by atoms with van der Waals surface area (Å²) in [6.45, 7) is 6.48. The number of nitrogens with one attached hydrogen (secondary N) is 2. The van der Waals surface area contributed by atoms with Gasteiger partial charge in [0, 0.05) is 30.5 Å². The molecule has 1 aliphatic rings. The lowest BCUT2D eigenvalue weighted by atomic mass is 10.1. The monoisotopic (exact) mass is 352 g/mol. The Kier molecular flexibility index (Phi) is 6.10. The number of benzene rings is 1. The summed E-state index contributed by atoms with van der Waals surface area (Å²) in [5.41, 5.74) is 3.36. The van der Waals surface area contributed by atoms with Gasteiger partial charge in [-0.25, -0.2) is 4.98 Å². The van der Waals surface area contributed by atoms with Gasteiger partial charge in [0.15, 0.2) is 0 Å². The van der Waals surface area contributed by atoms with Gasteiger partial charge in [-0.2, -0.15) is 0 Å². The van der Waals surface area contributed by atoms with E-state index < -0.39 is 0 Å². The number of hydrogen-bond donors (Lipinski definition) is 2. The largest absolute Gasteiger partial charge is 0.381 e. The maximum absolute atomic E-state index is 12.4. The molecule has 0 radical (unpaired) electrons. The van der Waals surface area contributed by atoms with E-state index in [-0.39, 0.29) is 5.91 Å². The van der Waals surface area contributed by atoms with E-state index in [1.807, 2.05) is 18.2 Å². The fourth-order valence-electron chi connectivity index (χ4n) is 3.10. The number of pyridine rings is 1. The standard InChI is InChI=1S/C21H28N4O/c1-3-16(2)23-18-9-12-20(22-15-18)21(26)24-17-7-10-19(11-8-17)25-13-5-4-6-14-25/h7-12,15-16,23H,3-6,13-14H2,1-2H3,(H,24,26). The maximum atomic E-state index is 12.4. The highest BCUT2D eigenvalue weighted by atomic mass is 16.1. The Morgan fingerprint density at radius 1 is 1.08 bits per heavy atom. The smallest absolute Gasteiger partial charge is 0.274 e. The van der Waals surface area contributed by atoms with Crippen molar-refractivity contribution in [1.29, 1.82) is 0 Å². The molecule has 2 aromatic rings. The minimum absolute atomic E-state index is 0.189. The summed E-state index contributed by atoms with van der Waals surface area (Å²) in [7, 11) is 0. The zero-order valence-electron chi connectivity index (χ0n) is 15.7. The van der Waals surface area contributed by atoms with Crippen LogP contribution in [-0.4, -0.2) is 30.0 Å². The van der Waals surface area contributed by atoms with Crippen molar-refractivity contribution < 1.29 is 4.79 Å². The van der Waals surface area contributed by atoms with Crippen molar-refractivity contribution in [3.63, 3.8) is 0 Å². The van der Waals surface area contributed by atoms with Crippen LogP contribution >= 0.6 is 0 Å². The summed E-state index contributed by atoms with van der Waals surface area (Å²) in [5.74, 6) is -0.189. The van der Waals surface area contributed by atoms with Crippen LogP contribution in [0.5, 0.6) is 0 Å².